The van der Waals surface area contributed by atoms with Crippen molar-refractivity contribution in [3.05, 3.63) is 57.3 Å². The Kier molecular flexibility index (Phi) is 9.91. The third-order valence-corrected chi connectivity index (χ3v) is 6.59. The van der Waals surface area contributed by atoms with E-state index in [1.807, 2.05) is 32.9 Å². The van der Waals surface area contributed by atoms with Gasteiger partial charge in [-0.05, 0) is 43.9 Å². The SMILES string of the molecule is CC.COC/C=C\C1=C(C)N(S(=O)(=O)C2=CCC(N)=C(Cl)C=C2)CCCC1. The van der Waals surface area contributed by atoms with E-state index in [1.165, 1.54) is 10.4 Å². The molecule has 0 saturated heterocycles. The molecule has 0 aromatic rings. The highest BCUT2D eigenvalue weighted by Gasteiger charge is 2.28. The fourth-order valence-electron chi connectivity index (χ4n) is 2.83. The van der Waals surface area contributed by atoms with E-state index >= 15 is 0 Å². The van der Waals surface area contributed by atoms with Gasteiger partial charge in [-0.3, -0.25) is 4.31 Å². The molecule has 0 spiro atoms. The van der Waals surface area contributed by atoms with Crippen LogP contribution in [0, 0.1) is 0 Å². The van der Waals surface area contributed by atoms with Crippen molar-refractivity contribution in [1.82, 2.24) is 4.31 Å². The fourth-order valence-corrected chi connectivity index (χ4v) is 4.60. The van der Waals surface area contributed by atoms with Gasteiger partial charge in [0.2, 0.25) is 0 Å². The van der Waals surface area contributed by atoms with Crippen LogP contribution in [0.4, 0.5) is 0 Å². The molecule has 2 N–H and O–H groups in total. The summed E-state index contributed by atoms with van der Waals surface area (Å²) in [7, 11) is -2.02. The van der Waals surface area contributed by atoms with Gasteiger partial charge in [-0.25, -0.2) is 8.42 Å². The van der Waals surface area contributed by atoms with Crippen LogP contribution in [0.15, 0.2) is 57.3 Å². The van der Waals surface area contributed by atoms with Gasteiger partial charge in [0.1, 0.15) is 0 Å². The summed E-state index contributed by atoms with van der Waals surface area (Å²) >= 11 is 6.02. The van der Waals surface area contributed by atoms with Crippen molar-refractivity contribution in [2.24, 2.45) is 5.73 Å². The number of methoxy groups -OCH3 is 1. The van der Waals surface area contributed by atoms with Crippen LogP contribution in [-0.2, 0) is 14.8 Å². The van der Waals surface area contributed by atoms with E-state index in [9.17, 15) is 8.42 Å². The molecule has 0 saturated carbocycles. The van der Waals surface area contributed by atoms with Gasteiger partial charge < -0.3 is 10.5 Å². The van der Waals surface area contributed by atoms with Gasteiger partial charge >= 0.3 is 0 Å². The van der Waals surface area contributed by atoms with Crippen LogP contribution in [-0.4, -0.2) is 33.0 Å². The fraction of sp³-hybridized carbons (Fsp3) is 0.500. The van der Waals surface area contributed by atoms with Gasteiger partial charge in [0, 0.05) is 31.5 Å². The minimum Gasteiger partial charge on any atom is -0.401 e. The minimum atomic E-state index is -3.65. The highest BCUT2D eigenvalue weighted by atomic mass is 35.5. The first kappa shape index (κ1) is 23.5. The third kappa shape index (κ3) is 6.26. The van der Waals surface area contributed by atoms with Crippen molar-refractivity contribution < 1.29 is 13.2 Å². The lowest BCUT2D eigenvalue weighted by atomic mass is 10.1. The molecular weight excluding hydrogens is 384 g/mol. The second kappa shape index (κ2) is 11.4. The maximum Gasteiger partial charge on any atom is 0.263 e. The number of nitrogens with zero attached hydrogens (tertiary/aromatic N) is 1. The van der Waals surface area contributed by atoms with Crippen LogP contribution in [0.3, 0.4) is 0 Å². The molecule has 0 aromatic carbocycles. The normalized spacial score (nSPS) is 18.9. The summed E-state index contributed by atoms with van der Waals surface area (Å²) in [4.78, 5) is 0.229. The summed E-state index contributed by atoms with van der Waals surface area (Å²) in [5.74, 6) is 0. The van der Waals surface area contributed by atoms with Gasteiger partial charge in [0.15, 0.2) is 0 Å². The quantitative estimate of drug-likeness (QED) is 0.715. The number of allylic oxidation sites excluding steroid dienone is 7. The molecule has 1 heterocycles. The summed E-state index contributed by atoms with van der Waals surface area (Å²) in [6.07, 6.45) is 11.5. The van der Waals surface area contributed by atoms with Crippen molar-refractivity contribution >= 4 is 21.6 Å². The molecule has 27 heavy (non-hydrogen) atoms. The maximum absolute atomic E-state index is 13.2. The number of hydrogen-bond acceptors (Lipinski definition) is 4. The van der Waals surface area contributed by atoms with Crippen LogP contribution < -0.4 is 5.73 Å². The zero-order valence-corrected chi connectivity index (χ0v) is 18.2. The molecule has 0 amide bonds. The summed E-state index contributed by atoms with van der Waals surface area (Å²) in [6.45, 7) is 6.83. The molecule has 2 rings (SSSR count). The zero-order valence-electron chi connectivity index (χ0n) is 16.7. The van der Waals surface area contributed by atoms with Gasteiger partial charge in [-0.2, -0.15) is 0 Å². The number of ether oxygens (including phenoxy) is 1. The van der Waals surface area contributed by atoms with E-state index in [-0.39, 0.29) is 4.91 Å². The predicted octanol–water partition coefficient (Wildman–Crippen LogP) is 4.56. The van der Waals surface area contributed by atoms with Gasteiger partial charge in [-0.15, -0.1) is 0 Å². The van der Waals surface area contributed by atoms with E-state index in [1.54, 1.807) is 19.3 Å². The van der Waals surface area contributed by atoms with Crippen molar-refractivity contribution in [1.29, 1.82) is 0 Å². The number of rotatable bonds is 5. The third-order valence-electron chi connectivity index (χ3n) is 4.29. The lowest BCUT2D eigenvalue weighted by Gasteiger charge is -2.25. The molecule has 0 radical (unpaired) electrons. The zero-order chi connectivity index (χ0) is 20.4. The Labute approximate surface area is 168 Å². The Morgan fingerprint density at radius 3 is 2.67 bits per heavy atom. The van der Waals surface area contributed by atoms with Crippen LogP contribution in [0.2, 0.25) is 0 Å². The Bertz CT molecular complexity index is 762. The van der Waals surface area contributed by atoms with Gasteiger partial charge in [-0.1, -0.05) is 43.7 Å². The Balaban J connectivity index is 0.00000176. The van der Waals surface area contributed by atoms with Crippen molar-refractivity contribution in [2.45, 2.75) is 46.5 Å². The van der Waals surface area contributed by atoms with Crippen molar-refractivity contribution in [2.75, 3.05) is 20.3 Å². The molecular formula is C20H31ClN2O3S. The molecule has 1 aliphatic carbocycles. The Hall–Kier alpha value is -1.50. The number of hydrogen-bond donors (Lipinski definition) is 1. The second-order valence-electron chi connectivity index (χ2n) is 6.02. The first-order valence-corrected chi connectivity index (χ1v) is 11.1. The van der Waals surface area contributed by atoms with Gasteiger partial charge in [0.25, 0.3) is 10.0 Å². The molecule has 7 heteroatoms. The molecule has 1 aliphatic heterocycles. The van der Waals surface area contributed by atoms with Crippen molar-refractivity contribution in [3.8, 4) is 0 Å². The lowest BCUT2D eigenvalue weighted by Crippen LogP contribution is -2.31. The maximum atomic E-state index is 13.2. The smallest absolute Gasteiger partial charge is 0.263 e. The topological polar surface area (TPSA) is 72.6 Å². The van der Waals surface area contributed by atoms with E-state index in [2.05, 4.69) is 0 Å². The average Bonchev–Trinajstić information content (AvgIpc) is 2.95. The standard InChI is InChI=1S/C18H25ClN2O3S.C2H6/c1-14-15(7-5-13-24-2)6-3-4-12-21(14)25(22,23)16-8-10-17(19)18(20)11-9-16;1-2/h5,7-10H,3-4,6,11-13,20H2,1-2H3;1-2H3/b7-5-;. The average molecular weight is 415 g/mol. The van der Waals surface area contributed by atoms with Crippen LogP contribution in [0.25, 0.3) is 0 Å². The summed E-state index contributed by atoms with van der Waals surface area (Å²) in [5.41, 5.74) is 8.06. The molecule has 2 aliphatic rings. The minimum absolute atomic E-state index is 0.229. The first-order valence-electron chi connectivity index (χ1n) is 9.28. The highest BCUT2D eigenvalue weighted by Crippen LogP contribution is 2.30. The molecule has 0 aromatic heterocycles. The molecule has 0 unspecified atom stereocenters. The number of sulfonamides is 1. The number of halogens is 1. The number of nitrogens with two attached hydrogens (primary N) is 1. The lowest BCUT2D eigenvalue weighted by molar-refractivity contribution is 0.234. The molecule has 0 bridgehead atoms. The summed E-state index contributed by atoms with van der Waals surface area (Å²) < 4.78 is 32.9. The van der Waals surface area contributed by atoms with Crippen LogP contribution in [0.1, 0.15) is 46.5 Å². The van der Waals surface area contributed by atoms with Crippen LogP contribution in [0.5, 0.6) is 0 Å². The largest absolute Gasteiger partial charge is 0.401 e. The molecule has 152 valence electrons. The monoisotopic (exact) mass is 414 g/mol. The predicted molar refractivity (Wildman–Crippen MR) is 113 cm³/mol. The van der Waals surface area contributed by atoms with E-state index in [4.69, 9.17) is 22.1 Å². The second-order valence-corrected chi connectivity index (χ2v) is 8.29. The van der Waals surface area contributed by atoms with Crippen LogP contribution >= 0.6 is 11.6 Å². The van der Waals surface area contributed by atoms with E-state index < -0.39 is 10.0 Å². The van der Waals surface area contributed by atoms with E-state index in [0.717, 1.165) is 30.5 Å². The molecule has 0 atom stereocenters. The first-order chi connectivity index (χ1) is 12.9. The summed E-state index contributed by atoms with van der Waals surface area (Å²) in [5, 5.41) is 0.382. The van der Waals surface area contributed by atoms with Gasteiger partial charge in [0.05, 0.1) is 16.5 Å². The highest BCUT2D eigenvalue weighted by molar-refractivity contribution is 7.93. The Morgan fingerprint density at radius 2 is 2.00 bits per heavy atom. The van der Waals surface area contributed by atoms with E-state index in [0.29, 0.717) is 30.3 Å². The summed E-state index contributed by atoms with van der Waals surface area (Å²) in [6, 6.07) is 0. The molecule has 0 fully saturated rings. The Morgan fingerprint density at radius 1 is 1.30 bits per heavy atom. The van der Waals surface area contributed by atoms with Crippen molar-refractivity contribution in [3.63, 3.8) is 0 Å². The molecule has 5 nitrogen and oxygen atoms in total.